The average molecular weight is 231 g/mol. The molecule has 3 nitrogen and oxygen atoms in total. The van der Waals surface area contributed by atoms with Gasteiger partial charge in [0, 0.05) is 5.56 Å². The van der Waals surface area contributed by atoms with Crippen LogP contribution in [0.4, 0.5) is 0 Å². The molecule has 1 N–H and O–H groups in total. The van der Waals surface area contributed by atoms with E-state index in [-0.39, 0.29) is 12.5 Å². The van der Waals surface area contributed by atoms with Gasteiger partial charge in [0.15, 0.2) is 0 Å². The molecule has 0 aliphatic carbocycles. The summed E-state index contributed by atoms with van der Waals surface area (Å²) >= 11 is 0. The predicted octanol–water partition coefficient (Wildman–Crippen LogP) is 2.08. The highest BCUT2D eigenvalue weighted by Crippen LogP contribution is 2.14. The van der Waals surface area contributed by atoms with Crippen molar-refractivity contribution < 1.29 is 9.53 Å². The highest BCUT2D eigenvalue weighted by Gasteiger charge is 2.05. The van der Waals surface area contributed by atoms with Crippen molar-refractivity contribution in [2.45, 2.75) is 13.8 Å². The van der Waals surface area contributed by atoms with E-state index >= 15 is 0 Å². The highest BCUT2D eigenvalue weighted by molar-refractivity contribution is 5.94. The van der Waals surface area contributed by atoms with E-state index in [1.54, 1.807) is 18.2 Å². The molecule has 0 spiro atoms. The molecule has 0 fully saturated rings. The summed E-state index contributed by atoms with van der Waals surface area (Å²) in [6.07, 6.45) is 5.08. The monoisotopic (exact) mass is 231 g/mol. The number of carbonyl (C=O) groups excluding carboxylic acids is 1. The van der Waals surface area contributed by atoms with Crippen LogP contribution in [0.25, 0.3) is 0 Å². The maximum atomic E-state index is 11.6. The Bertz CT molecular complexity index is 418. The van der Waals surface area contributed by atoms with Crippen LogP contribution in [0.15, 0.2) is 24.3 Å². The van der Waals surface area contributed by atoms with Crippen molar-refractivity contribution in [3.63, 3.8) is 0 Å². The molecule has 0 atom stereocenters. The minimum atomic E-state index is -0.182. The fraction of sp³-hybridized carbons (Fsp3) is 0.357. The van der Waals surface area contributed by atoms with E-state index in [1.807, 2.05) is 6.07 Å². The molecule has 1 rings (SSSR count). The van der Waals surface area contributed by atoms with Crippen LogP contribution >= 0.6 is 0 Å². The Balaban J connectivity index is 2.65. The lowest BCUT2D eigenvalue weighted by Gasteiger charge is -2.09. The largest absolute Gasteiger partial charge is 0.493 e. The Kier molecular flexibility index (Phi) is 5.09. The summed E-state index contributed by atoms with van der Waals surface area (Å²) in [6.45, 7) is 5.01. The predicted molar refractivity (Wildman–Crippen MR) is 67.9 cm³/mol. The summed E-state index contributed by atoms with van der Waals surface area (Å²) in [6, 6.07) is 7.07. The second-order valence-corrected chi connectivity index (χ2v) is 4.12. The summed E-state index contributed by atoms with van der Waals surface area (Å²) < 4.78 is 5.54. The first-order chi connectivity index (χ1) is 8.13. The van der Waals surface area contributed by atoms with Crippen LogP contribution in [0.3, 0.4) is 0 Å². The maximum Gasteiger partial charge on any atom is 0.252 e. The lowest BCUT2D eigenvalue weighted by molar-refractivity contribution is 0.0958. The van der Waals surface area contributed by atoms with Gasteiger partial charge in [0.05, 0.1) is 13.2 Å². The van der Waals surface area contributed by atoms with Crippen molar-refractivity contribution in [1.82, 2.24) is 5.32 Å². The maximum absolute atomic E-state index is 11.6. The zero-order valence-electron chi connectivity index (χ0n) is 10.2. The van der Waals surface area contributed by atoms with Gasteiger partial charge in [-0.2, -0.15) is 0 Å². The second-order valence-electron chi connectivity index (χ2n) is 4.12. The molecule has 1 aromatic carbocycles. The summed E-state index contributed by atoms with van der Waals surface area (Å²) in [4.78, 5) is 11.6. The van der Waals surface area contributed by atoms with E-state index in [4.69, 9.17) is 11.2 Å². The van der Waals surface area contributed by atoms with E-state index in [9.17, 15) is 4.79 Å². The van der Waals surface area contributed by atoms with Crippen LogP contribution < -0.4 is 10.1 Å². The van der Waals surface area contributed by atoms with Crippen molar-refractivity contribution in [1.29, 1.82) is 0 Å². The first-order valence-electron chi connectivity index (χ1n) is 5.58. The van der Waals surface area contributed by atoms with Crippen molar-refractivity contribution in [2.24, 2.45) is 5.92 Å². The Morgan fingerprint density at radius 2 is 2.29 bits per heavy atom. The molecule has 17 heavy (non-hydrogen) atoms. The van der Waals surface area contributed by atoms with E-state index in [0.29, 0.717) is 23.8 Å². The molecule has 1 amide bonds. The van der Waals surface area contributed by atoms with Gasteiger partial charge >= 0.3 is 0 Å². The number of terminal acetylenes is 1. The van der Waals surface area contributed by atoms with Crippen molar-refractivity contribution in [2.75, 3.05) is 13.2 Å². The van der Waals surface area contributed by atoms with Crippen molar-refractivity contribution in [3.05, 3.63) is 29.8 Å². The molecule has 3 heteroatoms. The first kappa shape index (κ1) is 13.1. The smallest absolute Gasteiger partial charge is 0.252 e. The second kappa shape index (κ2) is 6.59. The topological polar surface area (TPSA) is 38.3 Å². The van der Waals surface area contributed by atoms with Gasteiger partial charge < -0.3 is 10.1 Å². The Hall–Kier alpha value is -1.95. The summed E-state index contributed by atoms with van der Waals surface area (Å²) in [5, 5.41) is 2.61. The van der Waals surface area contributed by atoms with Crippen LogP contribution in [0, 0.1) is 18.3 Å². The molecular formula is C14H17NO2. The van der Waals surface area contributed by atoms with Gasteiger partial charge in [0.25, 0.3) is 5.91 Å². The summed E-state index contributed by atoms with van der Waals surface area (Å²) in [5.74, 6) is 3.33. The van der Waals surface area contributed by atoms with Crippen LogP contribution in [0.2, 0.25) is 0 Å². The zero-order valence-corrected chi connectivity index (χ0v) is 10.2. The summed E-state index contributed by atoms with van der Waals surface area (Å²) in [7, 11) is 0. The third kappa shape index (κ3) is 4.60. The molecule has 0 aliphatic rings. The Morgan fingerprint density at radius 1 is 1.53 bits per heavy atom. The molecule has 0 radical (unpaired) electrons. The molecular weight excluding hydrogens is 214 g/mol. The molecule has 1 aromatic rings. The number of hydrogen-bond acceptors (Lipinski definition) is 2. The van der Waals surface area contributed by atoms with E-state index < -0.39 is 0 Å². The molecule has 0 aliphatic heterocycles. The third-order valence-electron chi connectivity index (χ3n) is 2.03. The van der Waals surface area contributed by atoms with E-state index in [0.717, 1.165) is 0 Å². The minimum absolute atomic E-state index is 0.182. The van der Waals surface area contributed by atoms with Gasteiger partial charge in [-0.3, -0.25) is 4.79 Å². The fourth-order valence-corrected chi connectivity index (χ4v) is 1.22. The van der Waals surface area contributed by atoms with Crippen LogP contribution in [0.5, 0.6) is 5.75 Å². The van der Waals surface area contributed by atoms with Crippen LogP contribution in [-0.2, 0) is 0 Å². The number of hydrogen-bond donors (Lipinski definition) is 1. The van der Waals surface area contributed by atoms with Crippen LogP contribution in [-0.4, -0.2) is 19.1 Å². The number of rotatable bonds is 5. The number of benzene rings is 1. The van der Waals surface area contributed by atoms with Gasteiger partial charge in [0.1, 0.15) is 5.75 Å². The van der Waals surface area contributed by atoms with Crippen LogP contribution in [0.1, 0.15) is 24.2 Å². The Labute approximate surface area is 102 Å². The quantitative estimate of drug-likeness (QED) is 0.788. The van der Waals surface area contributed by atoms with Gasteiger partial charge in [0.2, 0.25) is 0 Å². The number of nitrogens with one attached hydrogen (secondary N) is 1. The van der Waals surface area contributed by atoms with Gasteiger partial charge in [-0.05, 0) is 24.1 Å². The molecule has 0 saturated carbocycles. The Morgan fingerprint density at radius 3 is 2.94 bits per heavy atom. The molecule has 0 saturated heterocycles. The normalized spacial score (nSPS) is 9.76. The minimum Gasteiger partial charge on any atom is -0.493 e. The SMILES string of the molecule is C#CCNC(=O)c1cccc(OCC(C)C)c1. The van der Waals surface area contributed by atoms with Gasteiger partial charge in [-0.15, -0.1) is 6.42 Å². The van der Waals surface area contributed by atoms with Gasteiger partial charge in [-0.1, -0.05) is 25.8 Å². The molecule has 0 heterocycles. The fourth-order valence-electron chi connectivity index (χ4n) is 1.22. The lowest BCUT2D eigenvalue weighted by Crippen LogP contribution is -2.23. The van der Waals surface area contributed by atoms with Gasteiger partial charge in [-0.25, -0.2) is 0 Å². The van der Waals surface area contributed by atoms with E-state index in [2.05, 4.69) is 25.1 Å². The lowest BCUT2D eigenvalue weighted by atomic mass is 10.2. The van der Waals surface area contributed by atoms with Crippen molar-refractivity contribution >= 4 is 5.91 Å². The molecule has 90 valence electrons. The molecule has 0 unspecified atom stereocenters. The third-order valence-corrected chi connectivity index (χ3v) is 2.03. The molecule has 0 bridgehead atoms. The standard InChI is InChI=1S/C14H17NO2/c1-4-8-15-14(16)12-6-5-7-13(9-12)17-10-11(2)3/h1,5-7,9,11H,8,10H2,2-3H3,(H,15,16). The number of carbonyl (C=O) groups is 1. The number of ether oxygens (including phenoxy) is 1. The highest BCUT2D eigenvalue weighted by atomic mass is 16.5. The zero-order chi connectivity index (χ0) is 12.7. The molecule has 0 aromatic heterocycles. The van der Waals surface area contributed by atoms with Crippen molar-refractivity contribution in [3.8, 4) is 18.1 Å². The first-order valence-corrected chi connectivity index (χ1v) is 5.58. The average Bonchev–Trinajstić information content (AvgIpc) is 2.33. The van der Waals surface area contributed by atoms with E-state index in [1.165, 1.54) is 0 Å². The summed E-state index contributed by atoms with van der Waals surface area (Å²) in [5.41, 5.74) is 0.557. The number of amides is 1.